The van der Waals surface area contributed by atoms with E-state index in [1.807, 2.05) is 36.4 Å². The van der Waals surface area contributed by atoms with Gasteiger partial charge in [-0.2, -0.15) is 5.26 Å². The highest BCUT2D eigenvalue weighted by atomic mass is 16.6. The molecule has 3 rings (SSSR count). The van der Waals surface area contributed by atoms with Crippen LogP contribution in [0.2, 0.25) is 0 Å². The smallest absolute Gasteiger partial charge is 0.296 e. The normalized spacial score (nSPS) is 15.0. The molecule has 24 heavy (non-hydrogen) atoms. The quantitative estimate of drug-likeness (QED) is 0.501. The van der Waals surface area contributed by atoms with Crippen LogP contribution in [0.4, 0.5) is 11.4 Å². The summed E-state index contributed by atoms with van der Waals surface area (Å²) in [7, 11) is 0. The maximum Gasteiger partial charge on any atom is 0.296 e. The highest BCUT2D eigenvalue weighted by Crippen LogP contribution is 2.44. The first-order valence-corrected chi connectivity index (χ1v) is 8.19. The predicted molar refractivity (Wildman–Crippen MR) is 93.5 cm³/mol. The van der Waals surface area contributed by atoms with Gasteiger partial charge in [-0.3, -0.25) is 10.1 Å². The molecule has 0 unspecified atom stereocenters. The lowest BCUT2D eigenvalue weighted by Gasteiger charge is -2.23. The van der Waals surface area contributed by atoms with Crippen molar-refractivity contribution in [3.63, 3.8) is 0 Å². The van der Waals surface area contributed by atoms with Crippen molar-refractivity contribution in [3.8, 4) is 17.2 Å². The number of benzene rings is 2. The van der Waals surface area contributed by atoms with E-state index >= 15 is 0 Å². The van der Waals surface area contributed by atoms with Gasteiger partial charge in [-0.05, 0) is 30.4 Å². The van der Waals surface area contributed by atoms with Crippen molar-refractivity contribution in [2.75, 3.05) is 5.73 Å². The van der Waals surface area contributed by atoms with Crippen molar-refractivity contribution in [2.24, 2.45) is 0 Å². The highest BCUT2D eigenvalue weighted by molar-refractivity contribution is 5.84. The second kappa shape index (κ2) is 6.71. The van der Waals surface area contributed by atoms with E-state index in [0.717, 1.165) is 31.2 Å². The summed E-state index contributed by atoms with van der Waals surface area (Å²) in [5.74, 6) is 0.136. The molecule has 0 saturated heterocycles. The Kier molecular flexibility index (Phi) is 4.48. The van der Waals surface area contributed by atoms with Gasteiger partial charge in [0.1, 0.15) is 11.8 Å². The standard InChI is InChI=1S/C19H19N3O2/c20-12-17-15(13-7-3-1-4-8-13)11-16(14-9-5-2-6-10-14)19(18(17)21)22(23)24/h1,3-4,7-8,11,14H,2,5-6,9-10,21H2. The Morgan fingerprint density at radius 2 is 1.83 bits per heavy atom. The zero-order valence-corrected chi connectivity index (χ0v) is 13.4. The Balaban J connectivity index is 2.25. The minimum absolute atomic E-state index is 0.00979. The number of anilines is 1. The number of nitro groups is 1. The van der Waals surface area contributed by atoms with Gasteiger partial charge in [0, 0.05) is 11.1 Å². The number of nitrogen functional groups attached to an aromatic ring is 1. The third-order valence-electron chi connectivity index (χ3n) is 4.79. The maximum absolute atomic E-state index is 11.6. The number of nitriles is 1. The third kappa shape index (κ3) is 2.83. The summed E-state index contributed by atoms with van der Waals surface area (Å²) in [6, 6.07) is 13.3. The van der Waals surface area contributed by atoms with Crippen LogP contribution in [-0.2, 0) is 0 Å². The van der Waals surface area contributed by atoms with Crippen LogP contribution < -0.4 is 5.73 Å². The Labute approximate surface area is 140 Å². The molecular weight excluding hydrogens is 302 g/mol. The van der Waals surface area contributed by atoms with E-state index in [2.05, 4.69) is 6.07 Å². The summed E-state index contributed by atoms with van der Waals surface area (Å²) in [6.45, 7) is 0. The summed E-state index contributed by atoms with van der Waals surface area (Å²) in [4.78, 5) is 11.2. The average molecular weight is 321 g/mol. The molecule has 0 radical (unpaired) electrons. The molecule has 1 saturated carbocycles. The predicted octanol–water partition coefficient (Wildman–Crippen LogP) is 4.76. The fraction of sp³-hybridized carbons (Fsp3) is 0.316. The first-order valence-electron chi connectivity index (χ1n) is 8.19. The monoisotopic (exact) mass is 321 g/mol. The van der Waals surface area contributed by atoms with Crippen LogP contribution in [0.15, 0.2) is 36.4 Å². The SMILES string of the molecule is N#Cc1c(-c2ccccc2)cc(C2CCCCC2)c([N+](=O)[O-])c1N. The molecule has 0 spiro atoms. The van der Waals surface area contributed by atoms with Crippen molar-refractivity contribution < 1.29 is 4.92 Å². The summed E-state index contributed by atoms with van der Waals surface area (Å²) < 4.78 is 0. The summed E-state index contributed by atoms with van der Waals surface area (Å²) in [5.41, 5.74) is 8.38. The van der Waals surface area contributed by atoms with E-state index in [-0.39, 0.29) is 22.9 Å². The largest absolute Gasteiger partial charge is 0.392 e. The molecule has 2 aromatic carbocycles. The van der Waals surface area contributed by atoms with Crippen molar-refractivity contribution >= 4 is 11.4 Å². The minimum Gasteiger partial charge on any atom is -0.392 e. The van der Waals surface area contributed by atoms with Crippen LogP contribution in [0.1, 0.15) is 49.1 Å². The molecule has 0 aromatic heterocycles. The lowest BCUT2D eigenvalue weighted by atomic mass is 9.81. The van der Waals surface area contributed by atoms with Crippen LogP contribution in [0.25, 0.3) is 11.1 Å². The number of hydrogen-bond donors (Lipinski definition) is 1. The molecule has 0 amide bonds. The summed E-state index contributed by atoms with van der Waals surface area (Å²) in [6.07, 6.45) is 5.17. The topological polar surface area (TPSA) is 92.9 Å². The van der Waals surface area contributed by atoms with Gasteiger partial charge in [0.25, 0.3) is 5.69 Å². The Morgan fingerprint density at radius 1 is 1.17 bits per heavy atom. The van der Waals surface area contributed by atoms with Gasteiger partial charge in [0.2, 0.25) is 0 Å². The van der Waals surface area contributed by atoms with Crippen molar-refractivity contribution in [2.45, 2.75) is 38.0 Å². The first kappa shape index (κ1) is 16.0. The van der Waals surface area contributed by atoms with Crippen LogP contribution in [0.5, 0.6) is 0 Å². The van der Waals surface area contributed by atoms with Crippen molar-refractivity contribution in [3.05, 3.63) is 57.6 Å². The molecule has 5 heteroatoms. The highest BCUT2D eigenvalue weighted by Gasteiger charge is 2.30. The second-order valence-corrected chi connectivity index (χ2v) is 6.22. The number of nitro benzene ring substituents is 1. The molecule has 2 aromatic rings. The van der Waals surface area contributed by atoms with E-state index in [4.69, 9.17) is 5.73 Å². The van der Waals surface area contributed by atoms with Gasteiger partial charge in [-0.15, -0.1) is 0 Å². The van der Waals surface area contributed by atoms with E-state index < -0.39 is 4.92 Å². The summed E-state index contributed by atoms with van der Waals surface area (Å²) in [5, 5.41) is 21.1. The number of nitrogens with two attached hydrogens (primary N) is 1. The van der Waals surface area contributed by atoms with Gasteiger partial charge in [-0.25, -0.2) is 0 Å². The Morgan fingerprint density at radius 3 is 2.42 bits per heavy atom. The van der Waals surface area contributed by atoms with E-state index in [0.29, 0.717) is 11.1 Å². The molecule has 0 heterocycles. The van der Waals surface area contributed by atoms with Crippen molar-refractivity contribution in [1.29, 1.82) is 5.26 Å². The zero-order valence-electron chi connectivity index (χ0n) is 13.4. The molecule has 2 N–H and O–H groups in total. The first-order chi connectivity index (χ1) is 11.6. The van der Waals surface area contributed by atoms with E-state index in [1.54, 1.807) is 0 Å². The second-order valence-electron chi connectivity index (χ2n) is 6.22. The number of rotatable bonds is 3. The molecule has 0 atom stereocenters. The van der Waals surface area contributed by atoms with Gasteiger partial charge in [0.05, 0.1) is 10.5 Å². The molecule has 0 aliphatic heterocycles. The number of hydrogen-bond acceptors (Lipinski definition) is 4. The number of nitrogens with zero attached hydrogens (tertiary/aromatic N) is 2. The molecular formula is C19H19N3O2. The third-order valence-corrected chi connectivity index (χ3v) is 4.79. The van der Waals surface area contributed by atoms with Gasteiger partial charge >= 0.3 is 0 Å². The van der Waals surface area contributed by atoms with Gasteiger partial charge in [0.15, 0.2) is 0 Å². The molecule has 1 fully saturated rings. The fourth-order valence-corrected chi connectivity index (χ4v) is 3.61. The Bertz CT molecular complexity index is 804. The average Bonchev–Trinajstić information content (AvgIpc) is 2.62. The fourth-order valence-electron chi connectivity index (χ4n) is 3.61. The minimum atomic E-state index is -0.436. The van der Waals surface area contributed by atoms with Gasteiger partial charge in [-0.1, -0.05) is 49.6 Å². The van der Waals surface area contributed by atoms with Crippen LogP contribution >= 0.6 is 0 Å². The maximum atomic E-state index is 11.6. The molecule has 5 nitrogen and oxygen atoms in total. The van der Waals surface area contributed by atoms with E-state index in [1.165, 1.54) is 6.42 Å². The molecule has 0 bridgehead atoms. The lowest BCUT2D eigenvalue weighted by Crippen LogP contribution is -2.11. The van der Waals surface area contributed by atoms with Crippen molar-refractivity contribution in [1.82, 2.24) is 0 Å². The van der Waals surface area contributed by atoms with E-state index in [9.17, 15) is 15.4 Å². The molecule has 1 aliphatic carbocycles. The molecule has 1 aliphatic rings. The van der Waals surface area contributed by atoms with Crippen LogP contribution in [-0.4, -0.2) is 4.92 Å². The van der Waals surface area contributed by atoms with Crippen LogP contribution in [0, 0.1) is 21.4 Å². The zero-order chi connectivity index (χ0) is 17.1. The summed E-state index contributed by atoms with van der Waals surface area (Å²) >= 11 is 0. The molecule has 122 valence electrons. The Hall–Kier alpha value is -2.87. The van der Waals surface area contributed by atoms with Gasteiger partial charge < -0.3 is 5.73 Å². The van der Waals surface area contributed by atoms with Crippen LogP contribution in [0.3, 0.4) is 0 Å². The lowest BCUT2D eigenvalue weighted by molar-refractivity contribution is -0.384.